The van der Waals surface area contributed by atoms with E-state index in [4.69, 9.17) is 4.74 Å². The molecule has 1 aliphatic rings. The second-order valence-corrected chi connectivity index (χ2v) is 8.31. The number of likely N-dealkylation sites (N-methyl/N-ethyl adjacent to an activating group) is 1. The average molecular weight is 412 g/mol. The number of ether oxygens (including phenoxy) is 1. The molecule has 0 saturated carbocycles. The highest BCUT2D eigenvalue weighted by molar-refractivity contribution is 5.78. The molecule has 6 heteroatoms. The Labute approximate surface area is 179 Å². The Bertz CT molecular complexity index is 847. The molecule has 6 nitrogen and oxygen atoms in total. The third-order valence-corrected chi connectivity index (χ3v) is 5.80. The van der Waals surface area contributed by atoms with Crippen molar-refractivity contribution in [3.05, 3.63) is 47.7 Å². The van der Waals surface area contributed by atoms with Gasteiger partial charge in [-0.05, 0) is 60.7 Å². The van der Waals surface area contributed by atoms with Crippen molar-refractivity contribution in [3.8, 4) is 17.0 Å². The molecule has 162 valence electrons. The first-order valence-corrected chi connectivity index (χ1v) is 10.8. The highest BCUT2D eigenvalue weighted by Crippen LogP contribution is 2.31. The second-order valence-electron chi connectivity index (χ2n) is 8.31. The van der Waals surface area contributed by atoms with Crippen molar-refractivity contribution in [2.45, 2.75) is 45.1 Å². The molecular formula is C24H33N3O3. The van der Waals surface area contributed by atoms with Crippen LogP contribution < -0.4 is 10.1 Å². The Morgan fingerprint density at radius 3 is 2.90 bits per heavy atom. The lowest BCUT2D eigenvalue weighted by molar-refractivity contribution is -0.136. The summed E-state index contributed by atoms with van der Waals surface area (Å²) in [6, 6.07) is 10.4. The molecule has 0 radical (unpaired) electrons. The van der Waals surface area contributed by atoms with E-state index in [0.29, 0.717) is 18.5 Å². The summed E-state index contributed by atoms with van der Waals surface area (Å²) in [6.07, 6.45) is 4.16. The molecule has 0 bridgehead atoms. The van der Waals surface area contributed by atoms with Gasteiger partial charge >= 0.3 is 5.97 Å². The maximum absolute atomic E-state index is 11.5. The summed E-state index contributed by atoms with van der Waals surface area (Å²) in [7, 11) is 2.14. The van der Waals surface area contributed by atoms with E-state index in [-0.39, 0.29) is 12.3 Å². The molecule has 1 fully saturated rings. The Kier molecular flexibility index (Phi) is 7.82. The first kappa shape index (κ1) is 22.2. The number of carbonyl (C=O) groups is 1. The van der Waals surface area contributed by atoms with Gasteiger partial charge in [0, 0.05) is 31.4 Å². The molecule has 3 rings (SSSR count). The van der Waals surface area contributed by atoms with Crippen molar-refractivity contribution in [2.24, 2.45) is 0 Å². The summed E-state index contributed by atoms with van der Waals surface area (Å²) in [5.74, 6) is -0.00400. The number of carboxylic acids is 1. The highest BCUT2D eigenvalue weighted by Gasteiger charge is 2.18. The van der Waals surface area contributed by atoms with Crippen LogP contribution in [0, 0.1) is 0 Å². The molecule has 0 spiro atoms. The van der Waals surface area contributed by atoms with Crippen LogP contribution in [0.1, 0.15) is 43.7 Å². The normalized spacial score (nSPS) is 16.8. The van der Waals surface area contributed by atoms with Crippen LogP contribution >= 0.6 is 0 Å². The molecule has 1 saturated heterocycles. The quantitative estimate of drug-likeness (QED) is 0.657. The molecule has 0 amide bonds. The zero-order chi connectivity index (χ0) is 21.5. The first-order chi connectivity index (χ1) is 14.5. The third kappa shape index (κ3) is 5.80. The fourth-order valence-corrected chi connectivity index (χ4v) is 4.11. The standard InChI is InChI=1S/C24H33N3O3/c1-17(2)20-7-4-8-21(22(20)15-24(28)29)18-9-11-26-23(14-18)30-13-12-27(3)19-6-5-10-25-16-19/h4,7-9,11,14,17,19,25H,5-6,10,12-13,15-16H2,1-3H3,(H,28,29). The van der Waals surface area contributed by atoms with Crippen LogP contribution in [-0.4, -0.2) is 60.3 Å². The van der Waals surface area contributed by atoms with Gasteiger partial charge in [-0.25, -0.2) is 4.98 Å². The van der Waals surface area contributed by atoms with Gasteiger partial charge in [0.1, 0.15) is 6.61 Å². The topological polar surface area (TPSA) is 74.7 Å². The molecule has 1 atom stereocenters. The molecule has 2 N–H and O–H groups in total. The Hall–Kier alpha value is -2.44. The number of rotatable bonds is 9. The van der Waals surface area contributed by atoms with E-state index < -0.39 is 5.97 Å². The number of piperidine rings is 1. The number of nitrogens with one attached hydrogen (secondary N) is 1. The van der Waals surface area contributed by atoms with Gasteiger partial charge in [0.25, 0.3) is 0 Å². The van der Waals surface area contributed by atoms with E-state index in [1.807, 2.05) is 30.3 Å². The largest absolute Gasteiger partial charge is 0.481 e. The lowest BCUT2D eigenvalue weighted by atomic mass is 9.89. The van der Waals surface area contributed by atoms with Crippen LogP contribution in [-0.2, 0) is 11.2 Å². The predicted molar refractivity (Wildman–Crippen MR) is 119 cm³/mol. The van der Waals surface area contributed by atoms with Crippen molar-refractivity contribution >= 4 is 5.97 Å². The summed E-state index contributed by atoms with van der Waals surface area (Å²) in [5.41, 5.74) is 3.79. The Balaban J connectivity index is 1.72. The number of nitrogens with zero attached hydrogens (tertiary/aromatic N) is 2. The number of hydrogen-bond donors (Lipinski definition) is 2. The molecule has 0 aliphatic carbocycles. The van der Waals surface area contributed by atoms with E-state index in [0.717, 1.165) is 41.9 Å². The van der Waals surface area contributed by atoms with Crippen molar-refractivity contribution in [1.29, 1.82) is 0 Å². The van der Waals surface area contributed by atoms with Gasteiger partial charge in [-0.3, -0.25) is 9.69 Å². The summed E-state index contributed by atoms with van der Waals surface area (Å²) in [4.78, 5) is 18.2. The zero-order valence-corrected chi connectivity index (χ0v) is 18.2. The van der Waals surface area contributed by atoms with E-state index in [1.54, 1.807) is 6.20 Å². The van der Waals surface area contributed by atoms with Crippen LogP contribution in [0.4, 0.5) is 0 Å². The van der Waals surface area contributed by atoms with Gasteiger partial charge in [-0.15, -0.1) is 0 Å². The molecule has 1 aromatic carbocycles. The van der Waals surface area contributed by atoms with E-state index in [9.17, 15) is 9.90 Å². The molecule has 1 unspecified atom stereocenters. The SMILES string of the molecule is CC(C)c1cccc(-c2ccnc(OCCN(C)C3CCCNC3)c2)c1CC(=O)O. The van der Waals surface area contributed by atoms with Gasteiger partial charge in [0.2, 0.25) is 5.88 Å². The first-order valence-electron chi connectivity index (χ1n) is 10.8. The van der Waals surface area contributed by atoms with Gasteiger partial charge in [-0.1, -0.05) is 32.0 Å². The molecular weight excluding hydrogens is 378 g/mol. The summed E-state index contributed by atoms with van der Waals surface area (Å²) in [6.45, 7) is 7.72. The van der Waals surface area contributed by atoms with Crippen molar-refractivity contribution in [1.82, 2.24) is 15.2 Å². The van der Waals surface area contributed by atoms with Crippen LogP contribution in [0.3, 0.4) is 0 Å². The average Bonchev–Trinajstić information content (AvgIpc) is 2.74. The lowest BCUT2D eigenvalue weighted by Gasteiger charge is -2.31. The maximum atomic E-state index is 11.5. The second kappa shape index (κ2) is 10.5. The minimum Gasteiger partial charge on any atom is -0.481 e. The van der Waals surface area contributed by atoms with Crippen LogP contribution in [0.15, 0.2) is 36.5 Å². The van der Waals surface area contributed by atoms with Crippen LogP contribution in [0.2, 0.25) is 0 Å². The lowest BCUT2D eigenvalue weighted by Crippen LogP contribution is -2.45. The third-order valence-electron chi connectivity index (χ3n) is 5.80. The van der Waals surface area contributed by atoms with E-state index in [1.165, 1.54) is 12.8 Å². The highest BCUT2D eigenvalue weighted by atomic mass is 16.5. The summed E-state index contributed by atoms with van der Waals surface area (Å²) in [5, 5.41) is 12.9. The molecule has 2 heterocycles. The van der Waals surface area contributed by atoms with Crippen molar-refractivity contribution < 1.29 is 14.6 Å². The smallest absolute Gasteiger partial charge is 0.307 e. The van der Waals surface area contributed by atoms with E-state index >= 15 is 0 Å². The van der Waals surface area contributed by atoms with Gasteiger partial charge < -0.3 is 15.2 Å². The summed E-state index contributed by atoms with van der Waals surface area (Å²) >= 11 is 0. The Morgan fingerprint density at radius 1 is 1.37 bits per heavy atom. The number of aliphatic carboxylic acids is 1. The minimum absolute atomic E-state index is 0.00240. The maximum Gasteiger partial charge on any atom is 0.307 e. The van der Waals surface area contributed by atoms with Crippen LogP contribution in [0.5, 0.6) is 5.88 Å². The van der Waals surface area contributed by atoms with Gasteiger partial charge in [0.05, 0.1) is 6.42 Å². The molecule has 2 aromatic rings. The summed E-state index contributed by atoms with van der Waals surface area (Å²) < 4.78 is 5.94. The molecule has 30 heavy (non-hydrogen) atoms. The van der Waals surface area contributed by atoms with Gasteiger partial charge in [-0.2, -0.15) is 0 Å². The zero-order valence-electron chi connectivity index (χ0n) is 18.2. The molecule has 1 aliphatic heterocycles. The number of pyridine rings is 1. The number of hydrogen-bond acceptors (Lipinski definition) is 5. The van der Waals surface area contributed by atoms with E-state index in [2.05, 4.69) is 36.1 Å². The predicted octanol–water partition coefficient (Wildman–Crippen LogP) is 3.56. The number of aromatic nitrogens is 1. The van der Waals surface area contributed by atoms with Crippen molar-refractivity contribution in [3.63, 3.8) is 0 Å². The molecule has 1 aromatic heterocycles. The van der Waals surface area contributed by atoms with Gasteiger partial charge in [0.15, 0.2) is 0 Å². The Morgan fingerprint density at radius 2 is 2.20 bits per heavy atom. The monoisotopic (exact) mass is 411 g/mol. The minimum atomic E-state index is -0.824. The number of carboxylic acid groups (broad SMARTS) is 1. The van der Waals surface area contributed by atoms with Crippen molar-refractivity contribution in [2.75, 3.05) is 33.3 Å². The fourth-order valence-electron chi connectivity index (χ4n) is 4.11. The van der Waals surface area contributed by atoms with Crippen LogP contribution in [0.25, 0.3) is 11.1 Å². The fraction of sp³-hybridized carbons (Fsp3) is 0.500. The number of benzene rings is 1.